The maximum absolute atomic E-state index is 9.94. The fourth-order valence-corrected chi connectivity index (χ4v) is 3.07. The van der Waals surface area contributed by atoms with Gasteiger partial charge in [-0.1, -0.05) is 22.9 Å². The lowest BCUT2D eigenvalue weighted by Crippen LogP contribution is -1.93. The molecule has 3 aromatic rings. The predicted octanol–water partition coefficient (Wildman–Crippen LogP) is 3.09. The van der Waals surface area contributed by atoms with Crippen LogP contribution < -0.4 is 0 Å². The molecular formula is C12H9ClN4OS. The summed E-state index contributed by atoms with van der Waals surface area (Å²) in [6.07, 6.45) is 2.31. The van der Waals surface area contributed by atoms with Gasteiger partial charge in [0, 0.05) is 10.9 Å². The molecule has 96 valence electrons. The maximum atomic E-state index is 9.94. The van der Waals surface area contributed by atoms with Gasteiger partial charge in [0.05, 0.1) is 5.56 Å². The van der Waals surface area contributed by atoms with E-state index in [-0.39, 0.29) is 5.75 Å². The van der Waals surface area contributed by atoms with Gasteiger partial charge in [0.15, 0.2) is 10.8 Å². The topological polar surface area (TPSA) is 63.3 Å². The lowest BCUT2D eigenvalue weighted by molar-refractivity contribution is 0.477. The van der Waals surface area contributed by atoms with Crippen LogP contribution in [0.15, 0.2) is 18.2 Å². The predicted molar refractivity (Wildman–Crippen MR) is 72.7 cm³/mol. The zero-order valence-corrected chi connectivity index (χ0v) is 11.3. The van der Waals surface area contributed by atoms with Crippen molar-refractivity contribution in [3.05, 3.63) is 29.0 Å². The van der Waals surface area contributed by atoms with Crippen molar-refractivity contribution in [2.45, 2.75) is 18.8 Å². The van der Waals surface area contributed by atoms with Crippen molar-refractivity contribution in [2.24, 2.45) is 0 Å². The van der Waals surface area contributed by atoms with Gasteiger partial charge in [-0.2, -0.15) is 9.61 Å². The molecule has 5 nitrogen and oxygen atoms in total. The van der Waals surface area contributed by atoms with E-state index < -0.39 is 0 Å². The SMILES string of the molecule is Oc1cc(Cl)ccc1-c1nn2c(C3CC3)nnc2s1. The number of fused-ring (bicyclic) bond motifs is 1. The van der Waals surface area contributed by atoms with Crippen LogP contribution in [0.4, 0.5) is 0 Å². The summed E-state index contributed by atoms with van der Waals surface area (Å²) in [5.74, 6) is 1.54. The Labute approximate surface area is 117 Å². The summed E-state index contributed by atoms with van der Waals surface area (Å²) in [5.41, 5.74) is 0.668. The Morgan fingerprint density at radius 1 is 1.32 bits per heavy atom. The van der Waals surface area contributed by atoms with Crippen molar-refractivity contribution in [1.29, 1.82) is 0 Å². The van der Waals surface area contributed by atoms with E-state index in [0.717, 1.165) is 28.6 Å². The minimum atomic E-state index is 0.130. The first-order valence-corrected chi connectivity index (χ1v) is 7.13. The Morgan fingerprint density at radius 2 is 2.16 bits per heavy atom. The van der Waals surface area contributed by atoms with Crippen LogP contribution >= 0.6 is 22.9 Å². The van der Waals surface area contributed by atoms with Crippen LogP contribution in [0.1, 0.15) is 24.6 Å². The minimum Gasteiger partial charge on any atom is -0.507 e. The second kappa shape index (κ2) is 3.91. The maximum Gasteiger partial charge on any atom is 0.234 e. The molecule has 0 atom stereocenters. The van der Waals surface area contributed by atoms with Gasteiger partial charge in [0.2, 0.25) is 4.96 Å². The Bertz CT molecular complexity index is 777. The van der Waals surface area contributed by atoms with Crippen LogP contribution in [-0.2, 0) is 0 Å². The summed E-state index contributed by atoms with van der Waals surface area (Å²) in [4.78, 5) is 0.756. The molecule has 0 bridgehead atoms. The number of aromatic hydroxyl groups is 1. The second-order valence-electron chi connectivity index (χ2n) is 4.60. The van der Waals surface area contributed by atoms with Crippen molar-refractivity contribution >= 4 is 27.9 Å². The average Bonchev–Trinajstić information content (AvgIpc) is 2.99. The highest BCUT2D eigenvalue weighted by Crippen LogP contribution is 2.40. The number of hydrogen-bond donors (Lipinski definition) is 1. The molecule has 4 rings (SSSR count). The Kier molecular flexibility index (Phi) is 2.31. The van der Waals surface area contributed by atoms with Gasteiger partial charge >= 0.3 is 0 Å². The molecular weight excluding hydrogens is 284 g/mol. The third kappa shape index (κ3) is 1.79. The van der Waals surface area contributed by atoms with Gasteiger partial charge in [0.1, 0.15) is 5.75 Å². The lowest BCUT2D eigenvalue weighted by Gasteiger charge is -2.00. The molecule has 1 fully saturated rings. The molecule has 1 N–H and O–H groups in total. The largest absolute Gasteiger partial charge is 0.507 e. The Morgan fingerprint density at radius 3 is 2.89 bits per heavy atom. The van der Waals surface area contributed by atoms with Crippen LogP contribution in [0, 0.1) is 0 Å². The normalized spacial score (nSPS) is 15.2. The third-order valence-corrected chi connectivity index (χ3v) is 4.31. The first-order chi connectivity index (χ1) is 9.22. The van der Waals surface area contributed by atoms with E-state index >= 15 is 0 Å². The first kappa shape index (κ1) is 11.2. The Hall–Kier alpha value is -1.66. The van der Waals surface area contributed by atoms with E-state index in [9.17, 15) is 5.11 Å². The van der Waals surface area contributed by atoms with Crippen LogP contribution in [-0.4, -0.2) is 24.9 Å². The fourth-order valence-electron chi connectivity index (χ4n) is 2.02. The summed E-state index contributed by atoms with van der Waals surface area (Å²) in [5, 5.41) is 24.0. The van der Waals surface area contributed by atoms with Crippen molar-refractivity contribution in [3.8, 4) is 16.3 Å². The number of phenolic OH excluding ortho intramolecular Hbond substituents is 1. The molecule has 1 saturated carbocycles. The summed E-state index contributed by atoms with van der Waals surface area (Å²) in [6, 6.07) is 5.02. The van der Waals surface area contributed by atoms with E-state index in [1.54, 1.807) is 16.6 Å². The van der Waals surface area contributed by atoms with Gasteiger partial charge in [-0.25, -0.2) is 0 Å². The van der Waals surface area contributed by atoms with Gasteiger partial charge in [-0.05, 0) is 31.0 Å². The Balaban J connectivity index is 1.86. The highest BCUT2D eigenvalue weighted by molar-refractivity contribution is 7.19. The zero-order chi connectivity index (χ0) is 13.0. The molecule has 0 amide bonds. The van der Waals surface area contributed by atoms with E-state index in [0.29, 0.717) is 16.5 Å². The molecule has 0 radical (unpaired) electrons. The molecule has 0 aliphatic heterocycles. The van der Waals surface area contributed by atoms with E-state index in [1.165, 1.54) is 17.4 Å². The van der Waals surface area contributed by atoms with Crippen LogP contribution in [0.5, 0.6) is 5.75 Å². The highest BCUT2D eigenvalue weighted by atomic mass is 35.5. The van der Waals surface area contributed by atoms with E-state index in [1.807, 2.05) is 0 Å². The fraction of sp³-hybridized carbons (Fsp3) is 0.250. The number of aromatic nitrogens is 4. The van der Waals surface area contributed by atoms with E-state index in [2.05, 4.69) is 15.3 Å². The van der Waals surface area contributed by atoms with Gasteiger partial charge in [-0.15, -0.1) is 10.2 Å². The average molecular weight is 293 g/mol. The molecule has 0 saturated heterocycles. The molecule has 0 spiro atoms. The molecule has 0 unspecified atom stereocenters. The van der Waals surface area contributed by atoms with Crippen LogP contribution in [0.25, 0.3) is 15.5 Å². The van der Waals surface area contributed by atoms with Crippen LogP contribution in [0.2, 0.25) is 5.02 Å². The van der Waals surface area contributed by atoms with Gasteiger partial charge in [-0.3, -0.25) is 0 Å². The van der Waals surface area contributed by atoms with Crippen molar-refractivity contribution in [3.63, 3.8) is 0 Å². The first-order valence-electron chi connectivity index (χ1n) is 5.93. The van der Waals surface area contributed by atoms with Crippen molar-refractivity contribution < 1.29 is 5.11 Å². The van der Waals surface area contributed by atoms with Gasteiger partial charge < -0.3 is 5.11 Å². The third-order valence-electron chi connectivity index (χ3n) is 3.15. The number of benzene rings is 1. The lowest BCUT2D eigenvalue weighted by atomic mass is 10.2. The summed E-state index contributed by atoms with van der Waals surface area (Å²) >= 11 is 7.24. The van der Waals surface area contributed by atoms with Crippen molar-refractivity contribution in [2.75, 3.05) is 0 Å². The number of hydrogen-bond acceptors (Lipinski definition) is 5. The number of halogens is 1. The number of rotatable bonds is 2. The monoisotopic (exact) mass is 292 g/mol. The smallest absolute Gasteiger partial charge is 0.234 e. The summed E-state index contributed by atoms with van der Waals surface area (Å²) < 4.78 is 1.78. The summed E-state index contributed by atoms with van der Waals surface area (Å²) in [7, 11) is 0. The molecule has 1 aromatic carbocycles. The molecule has 7 heteroatoms. The molecule has 2 heterocycles. The standard InChI is InChI=1S/C12H9ClN4OS/c13-7-3-4-8(9(18)5-7)11-16-17-10(6-1-2-6)14-15-12(17)19-11/h3-6,18H,1-2H2. The van der Waals surface area contributed by atoms with E-state index in [4.69, 9.17) is 11.6 Å². The quantitative estimate of drug-likeness (QED) is 0.788. The summed E-state index contributed by atoms with van der Waals surface area (Å²) in [6.45, 7) is 0. The zero-order valence-electron chi connectivity index (χ0n) is 9.75. The molecule has 2 aromatic heterocycles. The van der Waals surface area contributed by atoms with Crippen molar-refractivity contribution in [1.82, 2.24) is 19.8 Å². The minimum absolute atomic E-state index is 0.130. The second-order valence-corrected chi connectivity index (χ2v) is 5.99. The molecule has 1 aliphatic carbocycles. The van der Waals surface area contributed by atoms with Crippen LogP contribution in [0.3, 0.4) is 0 Å². The molecule has 19 heavy (non-hydrogen) atoms. The van der Waals surface area contributed by atoms with Gasteiger partial charge in [0.25, 0.3) is 0 Å². The number of phenols is 1. The highest BCUT2D eigenvalue weighted by Gasteiger charge is 2.30. The molecule has 1 aliphatic rings. The number of nitrogens with zero attached hydrogens (tertiary/aromatic N) is 4.